The van der Waals surface area contributed by atoms with E-state index in [1.165, 1.54) is 0 Å². The van der Waals surface area contributed by atoms with Crippen LogP contribution in [-0.2, 0) is 11.2 Å². The maximum absolute atomic E-state index is 11.8. The number of rotatable bonds is 4. The monoisotopic (exact) mass is 338 g/mol. The predicted octanol–water partition coefficient (Wildman–Crippen LogP) is 4.09. The SMILES string of the molecule is Cc1nc(CCC(=O)Nc2ccc(Br)c(C)c2)cs1. The Labute approximate surface area is 125 Å². The summed E-state index contributed by atoms with van der Waals surface area (Å²) in [6.45, 7) is 3.97. The standard InChI is InChI=1S/C14H15BrN2OS/c1-9-7-11(3-5-13(9)15)17-14(18)6-4-12-8-19-10(2)16-12/h3,5,7-8H,4,6H2,1-2H3,(H,17,18). The number of carbonyl (C=O) groups is 1. The van der Waals surface area contributed by atoms with Crippen molar-refractivity contribution >= 4 is 38.9 Å². The fourth-order valence-corrected chi connectivity index (χ4v) is 2.60. The number of carbonyl (C=O) groups excluding carboxylic acids is 1. The topological polar surface area (TPSA) is 42.0 Å². The second kappa shape index (κ2) is 6.30. The van der Waals surface area contributed by atoms with Gasteiger partial charge in [-0.25, -0.2) is 4.98 Å². The number of anilines is 1. The Kier molecular flexibility index (Phi) is 4.71. The second-order valence-electron chi connectivity index (χ2n) is 4.37. The van der Waals surface area contributed by atoms with Gasteiger partial charge < -0.3 is 5.32 Å². The van der Waals surface area contributed by atoms with Crippen molar-refractivity contribution in [3.05, 3.63) is 44.3 Å². The van der Waals surface area contributed by atoms with Gasteiger partial charge in [0.1, 0.15) is 0 Å². The summed E-state index contributed by atoms with van der Waals surface area (Å²) in [6.07, 6.45) is 1.14. The number of nitrogens with zero attached hydrogens (tertiary/aromatic N) is 1. The molecule has 0 saturated carbocycles. The number of halogens is 1. The zero-order valence-electron chi connectivity index (χ0n) is 10.9. The summed E-state index contributed by atoms with van der Waals surface area (Å²) in [4.78, 5) is 16.2. The molecule has 0 saturated heterocycles. The van der Waals surface area contributed by atoms with Crippen LogP contribution in [0.15, 0.2) is 28.1 Å². The van der Waals surface area contributed by atoms with Gasteiger partial charge in [0.05, 0.1) is 10.7 Å². The zero-order valence-corrected chi connectivity index (χ0v) is 13.3. The Morgan fingerprint density at radius 3 is 2.84 bits per heavy atom. The molecule has 2 aromatic rings. The van der Waals surface area contributed by atoms with Gasteiger partial charge in [-0.05, 0) is 44.0 Å². The molecule has 0 radical (unpaired) electrons. The van der Waals surface area contributed by atoms with Crippen LogP contribution in [0, 0.1) is 13.8 Å². The zero-order chi connectivity index (χ0) is 13.8. The highest BCUT2D eigenvalue weighted by Gasteiger charge is 2.06. The summed E-state index contributed by atoms with van der Waals surface area (Å²) in [5, 5.41) is 5.95. The molecule has 1 heterocycles. The fraction of sp³-hybridized carbons (Fsp3) is 0.286. The Morgan fingerprint density at radius 1 is 1.42 bits per heavy atom. The minimum Gasteiger partial charge on any atom is -0.326 e. The van der Waals surface area contributed by atoms with Crippen molar-refractivity contribution < 1.29 is 4.79 Å². The molecule has 0 fully saturated rings. The lowest BCUT2D eigenvalue weighted by molar-refractivity contribution is -0.116. The smallest absolute Gasteiger partial charge is 0.224 e. The molecule has 0 spiro atoms. The number of amides is 1. The van der Waals surface area contributed by atoms with E-state index >= 15 is 0 Å². The van der Waals surface area contributed by atoms with Gasteiger partial charge in [-0.1, -0.05) is 15.9 Å². The maximum Gasteiger partial charge on any atom is 0.224 e. The van der Waals surface area contributed by atoms with Crippen LogP contribution in [0.2, 0.25) is 0 Å². The first-order valence-electron chi connectivity index (χ1n) is 6.01. The molecule has 100 valence electrons. The van der Waals surface area contributed by atoms with E-state index in [0.29, 0.717) is 12.8 Å². The molecule has 1 aromatic heterocycles. The molecule has 0 aliphatic rings. The van der Waals surface area contributed by atoms with Gasteiger partial charge in [-0.2, -0.15) is 0 Å². The lowest BCUT2D eigenvalue weighted by Crippen LogP contribution is -2.12. The van der Waals surface area contributed by atoms with Crippen LogP contribution in [0.5, 0.6) is 0 Å². The molecule has 0 atom stereocenters. The van der Waals surface area contributed by atoms with Crippen LogP contribution < -0.4 is 5.32 Å². The van der Waals surface area contributed by atoms with Crippen molar-refractivity contribution in [1.82, 2.24) is 4.98 Å². The number of benzene rings is 1. The average Bonchev–Trinajstić information content (AvgIpc) is 2.77. The first kappa shape index (κ1) is 14.2. The summed E-state index contributed by atoms with van der Waals surface area (Å²) in [7, 11) is 0. The molecule has 2 rings (SSSR count). The Balaban J connectivity index is 1.88. The normalized spacial score (nSPS) is 10.5. The van der Waals surface area contributed by atoms with Crippen LogP contribution in [-0.4, -0.2) is 10.9 Å². The first-order valence-corrected chi connectivity index (χ1v) is 7.69. The lowest BCUT2D eigenvalue weighted by Gasteiger charge is -2.06. The van der Waals surface area contributed by atoms with Gasteiger partial charge in [-0.15, -0.1) is 11.3 Å². The Bertz CT molecular complexity index is 595. The second-order valence-corrected chi connectivity index (χ2v) is 6.29. The van der Waals surface area contributed by atoms with Gasteiger partial charge in [0.15, 0.2) is 0 Å². The van der Waals surface area contributed by atoms with E-state index in [4.69, 9.17) is 0 Å². The largest absolute Gasteiger partial charge is 0.326 e. The minimum atomic E-state index is 0.0207. The molecule has 0 bridgehead atoms. The van der Waals surface area contributed by atoms with E-state index < -0.39 is 0 Å². The van der Waals surface area contributed by atoms with Crippen molar-refractivity contribution in [2.45, 2.75) is 26.7 Å². The molecule has 0 aliphatic carbocycles. The summed E-state index contributed by atoms with van der Waals surface area (Å²) in [5.74, 6) is 0.0207. The highest BCUT2D eigenvalue weighted by atomic mass is 79.9. The molecule has 3 nitrogen and oxygen atoms in total. The minimum absolute atomic E-state index is 0.0207. The number of nitrogens with one attached hydrogen (secondary N) is 1. The number of hydrogen-bond donors (Lipinski definition) is 1. The van der Waals surface area contributed by atoms with E-state index in [-0.39, 0.29) is 5.91 Å². The van der Waals surface area contributed by atoms with Gasteiger partial charge in [0.2, 0.25) is 5.91 Å². The fourth-order valence-electron chi connectivity index (χ4n) is 1.71. The van der Waals surface area contributed by atoms with Gasteiger partial charge in [0.25, 0.3) is 0 Å². The van der Waals surface area contributed by atoms with Gasteiger partial charge in [-0.3, -0.25) is 4.79 Å². The molecular weight excluding hydrogens is 324 g/mol. The highest BCUT2D eigenvalue weighted by molar-refractivity contribution is 9.10. The summed E-state index contributed by atoms with van der Waals surface area (Å²) in [5.41, 5.74) is 2.93. The van der Waals surface area contributed by atoms with E-state index in [2.05, 4.69) is 26.2 Å². The number of aromatic nitrogens is 1. The van der Waals surface area contributed by atoms with E-state index in [1.54, 1.807) is 11.3 Å². The third-order valence-electron chi connectivity index (χ3n) is 2.72. The number of hydrogen-bond acceptors (Lipinski definition) is 3. The quantitative estimate of drug-likeness (QED) is 0.911. The maximum atomic E-state index is 11.8. The summed E-state index contributed by atoms with van der Waals surface area (Å²) in [6, 6.07) is 5.78. The average molecular weight is 339 g/mol. The Morgan fingerprint density at radius 2 is 2.21 bits per heavy atom. The molecule has 5 heteroatoms. The van der Waals surface area contributed by atoms with Crippen LogP contribution >= 0.6 is 27.3 Å². The molecule has 1 amide bonds. The molecule has 0 aliphatic heterocycles. The van der Waals surface area contributed by atoms with Crippen molar-refractivity contribution in [2.24, 2.45) is 0 Å². The molecule has 0 unspecified atom stereocenters. The first-order chi connectivity index (χ1) is 9.04. The van der Waals surface area contributed by atoms with Crippen molar-refractivity contribution in [1.29, 1.82) is 0 Å². The Hall–Kier alpha value is -1.20. The lowest BCUT2D eigenvalue weighted by atomic mass is 10.2. The summed E-state index contributed by atoms with van der Waals surface area (Å²) < 4.78 is 1.04. The third kappa shape index (κ3) is 4.14. The number of thiazole rings is 1. The van der Waals surface area contributed by atoms with Gasteiger partial charge in [0, 0.05) is 22.0 Å². The van der Waals surface area contributed by atoms with Gasteiger partial charge >= 0.3 is 0 Å². The molecule has 1 N–H and O–H groups in total. The van der Waals surface area contributed by atoms with Crippen molar-refractivity contribution in [2.75, 3.05) is 5.32 Å². The molecule has 1 aromatic carbocycles. The van der Waals surface area contributed by atoms with Crippen LogP contribution in [0.25, 0.3) is 0 Å². The van der Waals surface area contributed by atoms with Crippen LogP contribution in [0.4, 0.5) is 5.69 Å². The predicted molar refractivity (Wildman–Crippen MR) is 82.7 cm³/mol. The van der Waals surface area contributed by atoms with Crippen LogP contribution in [0.1, 0.15) is 22.7 Å². The summed E-state index contributed by atoms with van der Waals surface area (Å²) >= 11 is 5.05. The van der Waals surface area contributed by atoms with Crippen LogP contribution in [0.3, 0.4) is 0 Å². The van der Waals surface area contributed by atoms with Crippen molar-refractivity contribution in [3.8, 4) is 0 Å². The molecule has 19 heavy (non-hydrogen) atoms. The van der Waals surface area contributed by atoms with Crippen molar-refractivity contribution in [3.63, 3.8) is 0 Å². The number of aryl methyl sites for hydroxylation is 3. The third-order valence-corrected chi connectivity index (χ3v) is 4.43. The molecular formula is C14H15BrN2OS. The van der Waals surface area contributed by atoms with E-state index in [0.717, 1.165) is 26.4 Å². The highest BCUT2D eigenvalue weighted by Crippen LogP contribution is 2.20. The van der Waals surface area contributed by atoms with E-state index in [1.807, 2.05) is 37.4 Å². The van der Waals surface area contributed by atoms with E-state index in [9.17, 15) is 4.79 Å².